The Hall–Kier alpha value is -1.42. The molecule has 0 amide bonds. The van der Waals surface area contributed by atoms with Crippen LogP contribution in [0, 0.1) is 0 Å². The van der Waals surface area contributed by atoms with Gasteiger partial charge in [0.2, 0.25) is 0 Å². The van der Waals surface area contributed by atoms with Crippen molar-refractivity contribution in [3.63, 3.8) is 0 Å². The van der Waals surface area contributed by atoms with E-state index in [1.54, 1.807) is 7.11 Å². The van der Waals surface area contributed by atoms with Gasteiger partial charge < -0.3 is 20.5 Å². The van der Waals surface area contributed by atoms with Crippen LogP contribution in [0.15, 0.2) is 18.2 Å². The van der Waals surface area contributed by atoms with Gasteiger partial charge in [0.1, 0.15) is 5.75 Å². The van der Waals surface area contributed by atoms with E-state index in [0.29, 0.717) is 12.3 Å². The van der Waals surface area contributed by atoms with Crippen LogP contribution in [-0.4, -0.2) is 26.9 Å². The Morgan fingerprint density at radius 3 is 2.82 bits per heavy atom. The highest BCUT2D eigenvalue weighted by Gasteiger charge is 2.01. The Kier molecular flexibility index (Phi) is 6.25. The number of ether oxygens (including phenoxy) is 2. The van der Waals surface area contributed by atoms with E-state index in [-0.39, 0.29) is 0 Å². The predicted octanol–water partition coefficient (Wildman–Crippen LogP) is 2.51. The van der Waals surface area contributed by atoms with Crippen molar-refractivity contribution < 1.29 is 9.47 Å². The molecule has 1 aromatic carbocycles. The molecule has 0 aromatic heterocycles. The number of nitrogen functional groups attached to an aromatic ring is 1. The van der Waals surface area contributed by atoms with E-state index >= 15 is 0 Å². The lowest BCUT2D eigenvalue weighted by Gasteiger charge is -2.11. The number of anilines is 2. The molecule has 1 aromatic rings. The quantitative estimate of drug-likeness (QED) is 0.539. The summed E-state index contributed by atoms with van der Waals surface area (Å²) in [6.07, 6.45) is 1.96. The van der Waals surface area contributed by atoms with Gasteiger partial charge in [0.15, 0.2) is 0 Å². The van der Waals surface area contributed by atoms with Gasteiger partial charge >= 0.3 is 0 Å². The Labute approximate surface area is 103 Å². The zero-order chi connectivity index (χ0) is 12.5. The average Bonchev–Trinajstić information content (AvgIpc) is 2.35. The summed E-state index contributed by atoms with van der Waals surface area (Å²) >= 11 is 0. The number of methoxy groups -OCH3 is 1. The molecule has 4 heteroatoms. The molecular formula is C13H22N2O2. The van der Waals surface area contributed by atoms with Crippen LogP contribution in [0.5, 0.6) is 5.75 Å². The smallest absolute Gasteiger partial charge is 0.144 e. The van der Waals surface area contributed by atoms with Gasteiger partial charge in [0.25, 0.3) is 0 Å². The van der Waals surface area contributed by atoms with Gasteiger partial charge in [0, 0.05) is 32.0 Å². The molecule has 0 bridgehead atoms. The monoisotopic (exact) mass is 238 g/mol. The second kappa shape index (κ2) is 7.79. The SMILES string of the molecule is CCCOc1cc(NCCCOC)ccc1N. The van der Waals surface area contributed by atoms with Crippen LogP contribution in [0.3, 0.4) is 0 Å². The highest BCUT2D eigenvalue weighted by Crippen LogP contribution is 2.25. The summed E-state index contributed by atoms with van der Waals surface area (Å²) < 4.78 is 10.6. The maximum Gasteiger partial charge on any atom is 0.144 e. The zero-order valence-electron chi connectivity index (χ0n) is 10.7. The third-order valence-electron chi connectivity index (χ3n) is 2.33. The summed E-state index contributed by atoms with van der Waals surface area (Å²) in [4.78, 5) is 0. The topological polar surface area (TPSA) is 56.5 Å². The summed E-state index contributed by atoms with van der Waals surface area (Å²) in [6, 6.07) is 5.77. The molecule has 0 radical (unpaired) electrons. The van der Waals surface area contributed by atoms with Crippen LogP contribution in [0.25, 0.3) is 0 Å². The molecule has 0 heterocycles. The van der Waals surface area contributed by atoms with Crippen LogP contribution >= 0.6 is 0 Å². The largest absolute Gasteiger partial charge is 0.491 e. The van der Waals surface area contributed by atoms with Crippen molar-refractivity contribution in [1.82, 2.24) is 0 Å². The molecule has 0 unspecified atom stereocenters. The van der Waals surface area contributed by atoms with Crippen molar-refractivity contribution in [1.29, 1.82) is 0 Å². The first-order valence-corrected chi connectivity index (χ1v) is 6.03. The normalized spacial score (nSPS) is 10.2. The summed E-state index contributed by atoms with van der Waals surface area (Å²) in [5.74, 6) is 0.753. The molecule has 0 fully saturated rings. The van der Waals surface area contributed by atoms with Crippen molar-refractivity contribution in [2.75, 3.05) is 37.9 Å². The van der Waals surface area contributed by atoms with E-state index in [1.165, 1.54) is 0 Å². The van der Waals surface area contributed by atoms with Gasteiger partial charge in [-0.25, -0.2) is 0 Å². The number of hydrogen-bond acceptors (Lipinski definition) is 4. The lowest BCUT2D eigenvalue weighted by atomic mass is 10.2. The minimum atomic E-state index is 0.681. The van der Waals surface area contributed by atoms with Crippen LogP contribution < -0.4 is 15.8 Å². The highest BCUT2D eigenvalue weighted by atomic mass is 16.5. The molecule has 1 rings (SSSR count). The highest BCUT2D eigenvalue weighted by molar-refractivity contribution is 5.61. The van der Waals surface area contributed by atoms with Crippen molar-refractivity contribution in [3.05, 3.63) is 18.2 Å². The Morgan fingerprint density at radius 2 is 2.12 bits per heavy atom. The Balaban J connectivity index is 2.49. The molecule has 0 atom stereocenters. The molecule has 4 nitrogen and oxygen atoms in total. The second-order valence-electron chi connectivity index (χ2n) is 3.87. The van der Waals surface area contributed by atoms with Gasteiger partial charge in [-0.2, -0.15) is 0 Å². The van der Waals surface area contributed by atoms with E-state index in [2.05, 4.69) is 12.2 Å². The van der Waals surface area contributed by atoms with Gasteiger partial charge in [-0.15, -0.1) is 0 Å². The third-order valence-corrected chi connectivity index (χ3v) is 2.33. The second-order valence-corrected chi connectivity index (χ2v) is 3.87. The fourth-order valence-corrected chi connectivity index (χ4v) is 1.43. The van der Waals surface area contributed by atoms with Crippen LogP contribution in [0.2, 0.25) is 0 Å². The fourth-order valence-electron chi connectivity index (χ4n) is 1.43. The minimum absolute atomic E-state index is 0.681. The first-order valence-electron chi connectivity index (χ1n) is 6.03. The third kappa shape index (κ3) is 4.95. The number of nitrogens with one attached hydrogen (secondary N) is 1. The molecule has 0 saturated carbocycles. The summed E-state index contributed by atoms with van der Waals surface area (Å²) in [6.45, 7) is 4.41. The molecule has 96 valence electrons. The maximum absolute atomic E-state index is 5.83. The number of nitrogens with two attached hydrogens (primary N) is 1. The van der Waals surface area contributed by atoms with Crippen molar-refractivity contribution >= 4 is 11.4 Å². The van der Waals surface area contributed by atoms with Gasteiger partial charge in [-0.1, -0.05) is 6.92 Å². The van der Waals surface area contributed by atoms with Gasteiger partial charge in [-0.05, 0) is 25.0 Å². The number of benzene rings is 1. The predicted molar refractivity (Wildman–Crippen MR) is 71.6 cm³/mol. The number of rotatable bonds is 8. The average molecular weight is 238 g/mol. The van der Waals surface area contributed by atoms with E-state index < -0.39 is 0 Å². The lowest BCUT2D eigenvalue weighted by molar-refractivity contribution is 0.198. The standard InChI is InChI=1S/C13H22N2O2/c1-3-8-17-13-10-11(5-6-12(13)14)15-7-4-9-16-2/h5-6,10,15H,3-4,7-9,14H2,1-2H3. The van der Waals surface area contributed by atoms with Crippen LogP contribution in [-0.2, 0) is 4.74 Å². The minimum Gasteiger partial charge on any atom is -0.491 e. The summed E-state index contributed by atoms with van der Waals surface area (Å²) in [7, 11) is 1.71. The first kappa shape index (κ1) is 13.6. The summed E-state index contributed by atoms with van der Waals surface area (Å²) in [5, 5.41) is 3.31. The van der Waals surface area contributed by atoms with Gasteiger partial charge in [0.05, 0.1) is 12.3 Å². The van der Waals surface area contributed by atoms with E-state index in [4.69, 9.17) is 15.2 Å². The van der Waals surface area contributed by atoms with Crippen LogP contribution in [0.4, 0.5) is 11.4 Å². The van der Waals surface area contributed by atoms with Crippen molar-refractivity contribution in [2.24, 2.45) is 0 Å². The Morgan fingerprint density at radius 1 is 1.29 bits per heavy atom. The molecule has 3 N–H and O–H groups in total. The summed E-state index contributed by atoms with van der Waals surface area (Å²) in [5.41, 5.74) is 7.54. The van der Waals surface area contributed by atoms with E-state index in [0.717, 1.165) is 37.4 Å². The molecule has 0 aliphatic rings. The van der Waals surface area contributed by atoms with Crippen molar-refractivity contribution in [2.45, 2.75) is 19.8 Å². The van der Waals surface area contributed by atoms with Gasteiger partial charge in [-0.3, -0.25) is 0 Å². The van der Waals surface area contributed by atoms with Crippen LogP contribution in [0.1, 0.15) is 19.8 Å². The number of hydrogen-bond donors (Lipinski definition) is 2. The Bertz CT molecular complexity index is 329. The van der Waals surface area contributed by atoms with E-state index in [1.807, 2.05) is 18.2 Å². The molecule has 17 heavy (non-hydrogen) atoms. The zero-order valence-corrected chi connectivity index (χ0v) is 10.7. The molecule has 0 spiro atoms. The maximum atomic E-state index is 5.83. The van der Waals surface area contributed by atoms with E-state index in [9.17, 15) is 0 Å². The molecule has 0 saturated heterocycles. The molecular weight excluding hydrogens is 216 g/mol. The molecule has 0 aliphatic carbocycles. The molecule has 0 aliphatic heterocycles. The lowest BCUT2D eigenvalue weighted by Crippen LogP contribution is -2.05. The fraction of sp³-hybridized carbons (Fsp3) is 0.538. The van der Waals surface area contributed by atoms with Crippen molar-refractivity contribution in [3.8, 4) is 5.75 Å². The first-order chi connectivity index (χ1) is 8.27.